The van der Waals surface area contributed by atoms with Crippen LogP contribution in [0.15, 0.2) is 53.3 Å². The summed E-state index contributed by atoms with van der Waals surface area (Å²) in [4.78, 5) is 24.2. The van der Waals surface area contributed by atoms with Gasteiger partial charge in [0.25, 0.3) is 0 Å². The van der Waals surface area contributed by atoms with Crippen LogP contribution in [0.25, 0.3) is 0 Å². The number of aryl methyl sites for hydroxylation is 3. The number of benzene rings is 2. The molecule has 0 fully saturated rings. The maximum Gasteiger partial charge on any atom is 0.347 e. The van der Waals surface area contributed by atoms with Crippen LogP contribution >= 0.6 is 0 Å². The molecule has 7 heteroatoms. The molecule has 176 valence electrons. The van der Waals surface area contributed by atoms with Crippen molar-refractivity contribution in [3.8, 4) is 5.75 Å². The van der Waals surface area contributed by atoms with E-state index in [1.807, 2.05) is 43.3 Å². The Labute approximate surface area is 194 Å². The summed E-state index contributed by atoms with van der Waals surface area (Å²) in [6, 6.07) is 15.5. The molecule has 0 aliphatic rings. The van der Waals surface area contributed by atoms with E-state index in [1.54, 1.807) is 21.4 Å². The molecule has 33 heavy (non-hydrogen) atoms. The first kappa shape index (κ1) is 24.3. The predicted molar refractivity (Wildman–Crippen MR) is 128 cm³/mol. The third kappa shape index (κ3) is 6.12. The Morgan fingerprint density at radius 3 is 2.42 bits per heavy atom. The smallest absolute Gasteiger partial charge is 0.347 e. The van der Waals surface area contributed by atoms with Gasteiger partial charge in [0, 0.05) is 13.0 Å². The number of hydrogen-bond donors (Lipinski definition) is 1. The molecule has 0 saturated heterocycles. The monoisotopic (exact) mass is 451 g/mol. The van der Waals surface area contributed by atoms with Gasteiger partial charge in [-0.05, 0) is 68.9 Å². The van der Waals surface area contributed by atoms with E-state index in [0.717, 1.165) is 41.8 Å². The maximum atomic E-state index is 12.9. The highest BCUT2D eigenvalue weighted by atomic mass is 16.5. The Bertz CT molecular complexity index is 1140. The summed E-state index contributed by atoms with van der Waals surface area (Å²) in [5.41, 5.74) is 2.04. The molecule has 3 rings (SSSR count). The van der Waals surface area contributed by atoms with E-state index in [4.69, 9.17) is 4.74 Å². The van der Waals surface area contributed by atoms with Gasteiger partial charge in [0.1, 0.15) is 11.6 Å². The largest absolute Gasteiger partial charge is 0.478 e. The first-order valence-corrected chi connectivity index (χ1v) is 11.4. The lowest BCUT2D eigenvalue weighted by Gasteiger charge is -2.21. The van der Waals surface area contributed by atoms with Gasteiger partial charge in [0.2, 0.25) is 0 Å². The van der Waals surface area contributed by atoms with Crippen molar-refractivity contribution in [3.63, 3.8) is 0 Å². The molecule has 0 amide bonds. The molecular weight excluding hydrogens is 418 g/mol. The van der Waals surface area contributed by atoms with Crippen molar-refractivity contribution in [1.82, 2.24) is 14.3 Å². The summed E-state index contributed by atoms with van der Waals surface area (Å²) in [6.45, 7) is 8.29. The SMILES string of the molecule is CCCn1c(CCCc2ccc(OC(C)(C)C(=O)O)cc2)nn(Cc2ccccc2C)c1=O. The lowest BCUT2D eigenvalue weighted by molar-refractivity contribution is -0.152. The van der Waals surface area contributed by atoms with E-state index in [-0.39, 0.29) is 5.69 Å². The van der Waals surface area contributed by atoms with Crippen LogP contribution in [-0.2, 0) is 30.7 Å². The van der Waals surface area contributed by atoms with Crippen LogP contribution in [0.4, 0.5) is 0 Å². The summed E-state index contributed by atoms with van der Waals surface area (Å²) in [7, 11) is 0. The van der Waals surface area contributed by atoms with Crippen LogP contribution in [0.1, 0.15) is 56.1 Å². The molecule has 2 aromatic carbocycles. The zero-order valence-electron chi connectivity index (χ0n) is 19.9. The molecule has 1 heterocycles. The molecule has 7 nitrogen and oxygen atoms in total. The summed E-state index contributed by atoms with van der Waals surface area (Å²) >= 11 is 0. The fourth-order valence-corrected chi connectivity index (χ4v) is 3.68. The molecular formula is C26H33N3O4. The lowest BCUT2D eigenvalue weighted by atomic mass is 10.1. The number of aliphatic carboxylic acids is 1. The van der Waals surface area contributed by atoms with E-state index in [2.05, 4.69) is 12.0 Å². The summed E-state index contributed by atoms with van der Waals surface area (Å²) < 4.78 is 8.93. The fraction of sp³-hybridized carbons (Fsp3) is 0.423. The summed E-state index contributed by atoms with van der Waals surface area (Å²) in [6.07, 6.45) is 3.26. The second kappa shape index (κ2) is 10.5. The number of ether oxygens (including phenoxy) is 1. The number of carbonyl (C=O) groups is 1. The molecule has 3 aromatic rings. The van der Waals surface area contributed by atoms with Crippen LogP contribution < -0.4 is 10.4 Å². The van der Waals surface area contributed by atoms with Crippen LogP contribution in [-0.4, -0.2) is 31.0 Å². The molecule has 0 atom stereocenters. The first-order chi connectivity index (χ1) is 15.7. The summed E-state index contributed by atoms with van der Waals surface area (Å²) in [5, 5.41) is 13.9. The van der Waals surface area contributed by atoms with Crippen molar-refractivity contribution in [2.75, 3.05) is 0 Å². The standard InChI is InChI=1S/C26H33N3O4/c1-5-17-28-23(27-29(25(28)32)18-21-11-7-6-9-19(21)2)12-8-10-20-13-15-22(16-14-20)33-26(3,4)24(30)31/h6-7,9,11,13-16H,5,8,10,12,17-18H2,1-4H3,(H,30,31). The Hall–Kier alpha value is -3.35. The Kier molecular flexibility index (Phi) is 7.74. The molecule has 0 unspecified atom stereocenters. The molecule has 1 aromatic heterocycles. The van der Waals surface area contributed by atoms with Gasteiger partial charge in [-0.15, -0.1) is 0 Å². The van der Waals surface area contributed by atoms with Gasteiger partial charge in [0.05, 0.1) is 6.54 Å². The topological polar surface area (TPSA) is 86.3 Å². The number of carboxylic acid groups (broad SMARTS) is 1. The zero-order chi connectivity index (χ0) is 24.0. The van der Waals surface area contributed by atoms with E-state index in [1.165, 1.54) is 13.8 Å². The van der Waals surface area contributed by atoms with Gasteiger partial charge in [-0.1, -0.05) is 43.3 Å². The second-order valence-corrected chi connectivity index (χ2v) is 8.85. The van der Waals surface area contributed by atoms with E-state index < -0.39 is 11.6 Å². The van der Waals surface area contributed by atoms with E-state index in [9.17, 15) is 14.7 Å². The Balaban J connectivity index is 1.65. The van der Waals surface area contributed by atoms with Crippen molar-refractivity contribution in [2.45, 2.75) is 72.1 Å². The molecule has 0 aliphatic heterocycles. The highest BCUT2D eigenvalue weighted by molar-refractivity contribution is 5.76. The minimum absolute atomic E-state index is 0.0577. The molecule has 0 saturated carbocycles. The van der Waals surface area contributed by atoms with Crippen molar-refractivity contribution >= 4 is 5.97 Å². The third-order valence-electron chi connectivity index (χ3n) is 5.71. The Morgan fingerprint density at radius 1 is 1.09 bits per heavy atom. The fourth-order valence-electron chi connectivity index (χ4n) is 3.68. The summed E-state index contributed by atoms with van der Waals surface area (Å²) in [5.74, 6) is 0.336. The van der Waals surface area contributed by atoms with Gasteiger partial charge in [-0.2, -0.15) is 5.10 Å². The van der Waals surface area contributed by atoms with Crippen molar-refractivity contribution in [1.29, 1.82) is 0 Å². The van der Waals surface area contributed by atoms with Crippen molar-refractivity contribution in [2.24, 2.45) is 0 Å². The number of nitrogens with zero attached hydrogens (tertiary/aromatic N) is 3. The van der Waals surface area contributed by atoms with Crippen LogP contribution in [0, 0.1) is 6.92 Å². The zero-order valence-corrected chi connectivity index (χ0v) is 19.9. The third-order valence-corrected chi connectivity index (χ3v) is 5.71. The number of rotatable bonds is 11. The molecule has 0 radical (unpaired) electrons. The quantitative estimate of drug-likeness (QED) is 0.472. The van der Waals surface area contributed by atoms with Gasteiger partial charge < -0.3 is 9.84 Å². The van der Waals surface area contributed by atoms with Crippen LogP contribution in [0.2, 0.25) is 0 Å². The van der Waals surface area contributed by atoms with E-state index >= 15 is 0 Å². The highest BCUT2D eigenvalue weighted by Crippen LogP contribution is 2.20. The lowest BCUT2D eigenvalue weighted by Crippen LogP contribution is -2.37. The number of hydrogen-bond acceptors (Lipinski definition) is 4. The van der Waals surface area contributed by atoms with E-state index in [0.29, 0.717) is 25.3 Å². The molecule has 0 bridgehead atoms. The normalized spacial score (nSPS) is 11.5. The maximum absolute atomic E-state index is 12.9. The number of aromatic nitrogens is 3. The number of carboxylic acids is 1. The highest BCUT2D eigenvalue weighted by Gasteiger charge is 2.29. The van der Waals surface area contributed by atoms with Crippen molar-refractivity contribution < 1.29 is 14.6 Å². The minimum Gasteiger partial charge on any atom is -0.478 e. The average molecular weight is 452 g/mol. The van der Waals surface area contributed by atoms with Crippen molar-refractivity contribution in [3.05, 3.63) is 81.5 Å². The van der Waals surface area contributed by atoms with Crippen LogP contribution in [0.5, 0.6) is 5.75 Å². The van der Waals surface area contributed by atoms with Gasteiger partial charge in [-0.25, -0.2) is 14.3 Å². The van der Waals surface area contributed by atoms with Crippen LogP contribution in [0.3, 0.4) is 0 Å². The molecule has 1 N–H and O–H groups in total. The Morgan fingerprint density at radius 2 is 1.79 bits per heavy atom. The second-order valence-electron chi connectivity index (χ2n) is 8.85. The van der Waals surface area contributed by atoms with Gasteiger partial charge >= 0.3 is 11.7 Å². The predicted octanol–water partition coefficient (Wildman–Crippen LogP) is 4.23. The molecule has 0 spiro atoms. The van der Waals surface area contributed by atoms with Gasteiger partial charge in [0.15, 0.2) is 5.60 Å². The molecule has 0 aliphatic carbocycles. The minimum atomic E-state index is -1.28. The van der Waals surface area contributed by atoms with Gasteiger partial charge in [-0.3, -0.25) is 4.57 Å². The average Bonchev–Trinajstić information content (AvgIpc) is 3.06. The first-order valence-electron chi connectivity index (χ1n) is 11.4.